The average molecular weight is 212 g/mol. The Labute approximate surface area is 88.5 Å². The molecule has 1 N–H and O–H groups in total. The molecule has 0 fully saturated rings. The Morgan fingerprint density at radius 1 is 1.53 bits per heavy atom. The van der Waals surface area contributed by atoms with Crippen molar-refractivity contribution in [1.82, 2.24) is 10.2 Å². The van der Waals surface area contributed by atoms with E-state index < -0.39 is 5.97 Å². The molecule has 5 heteroatoms. The molecule has 1 aromatic heterocycles. The highest BCUT2D eigenvalue weighted by Crippen LogP contribution is 2.19. The number of aliphatic carboxylic acids is 1. The summed E-state index contributed by atoms with van der Waals surface area (Å²) in [6, 6.07) is 0. The van der Waals surface area contributed by atoms with Crippen molar-refractivity contribution in [3.63, 3.8) is 0 Å². The molecule has 1 rings (SSSR count). The number of carboxylic acids is 1. The van der Waals surface area contributed by atoms with Crippen LogP contribution >= 0.6 is 0 Å². The molecule has 0 radical (unpaired) electrons. The van der Waals surface area contributed by atoms with Gasteiger partial charge in [-0.2, -0.15) is 0 Å². The summed E-state index contributed by atoms with van der Waals surface area (Å²) in [4.78, 5) is 10.3. The molecule has 0 saturated heterocycles. The van der Waals surface area contributed by atoms with Gasteiger partial charge in [-0.25, -0.2) is 0 Å². The van der Waals surface area contributed by atoms with Gasteiger partial charge >= 0.3 is 5.97 Å². The summed E-state index contributed by atoms with van der Waals surface area (Å²) in [6.07, 6.45) is 2.40. The number of hydrogen-bond acceptors (Lipinski definition) is 4. The molecule has 84 valence electrons. The molecular formula is C10H16N2O3. The second-order valence-corrected chi connectivity index (χ2v) is 3.62. The Balaban J connectivity index is 2.51. The molecule has 15 heavy (non-hydrogen) atoms. The third kappa shape index (κ3) is 3.69. The molecule has 0 aliphatic heterocycles. The van der Waals surface area contributed by atoms with Crippen LogP contribution < -0.4 is 0 Å². The first kappa shape index (κ1) is 11.7. The molecule has 0 aromatic carbocycles. The van der Waals surface area contributed by atoms with Crippen molar-refractivity contribution in [3.8, 4) is 0 Å². The fraction of sp³-hybridized carbons (Fsp3) is 0.700. The van der Waals surface area contributed by atoms with Crippen LogP contribution in [-0.2, 0) is 11.2 Å². The van der Waals surface area contributed by atoms with E-state index in [1.54, 1.807) is 0 Å². The van der Waals surface area contributed by atoms with Gasteiger partial charge in [0, 0.05) is 12.3 Å². The molecule has 0 bridgehead atoms. The van der Waals surface area contributed by atoms with E-state index in [-0.39, 0.29) is 12.3 Å². The van der Waals surface area contributed by atoms with E-state index in [0.717, 1.165) is 12.8 Å². The number of aryl methyl sites for hydroxylation is 1. The molecule has 5 nitrogen and oxygen atoms in total. The normalized spacial score (nSPS) is 12.7. The van der Waals surface area contributed by atoms with Gasteiger partial charge in [0.25, 0.3) is 0 Å². The van der Waals surface area contributed by atoms with Gasteiger partial charge in [-0.3, -0.25) is 4.79 Å². The summed E-state index contributed by atoms with van der Waals surface area (Å²) in [5.74, 6) is 0.421. The van der Waals surface area contributed by atoms with Gasteiger partial charge < -0.3 is 9.52 Å². The molecule has 0 aliphatic rings. The highest BCUT2D eigenvalue weighted by atomic mass is 16.4. The third-order valence-electron chi connectivity index (χ3n) is 2.18. The minimum atomic E-state index is -0.851. The largest absolute Gasteiger partial charge is 0.481 e. The first-order valence-corrected chi connectivity index (χ1v) is 5.17. The molecule has 1 aromatic rings. The molecule has 0 spiro atoms. The van der Waals surface area contributed by atoms with Crippen LogP contribution in [0.3, 0.4) is 0 Å². The van der Waals surface area contributed by atoms with Crippen molar-refractivity contribution < 1.29 is 14.3 Å². The van der Waals surface area contributed by atoms with Crippen LogP contribution in [-0.4, -0.2) is 21.3 Å². The van der Waals surface area contributed by atoms with Crippen LogP contribution in [0.4, 0.5) is 0 Å². The van der Waals surface area contributed by atoms with Crippen LogP contribution in [0.2, 0.25) is 0 Å². The van der Waals surface area contributed by atoms with Crippen molar-refractivity contribution in [2.24, 2.45) is 0 Å². The zero-order valence-corrected chi connectivity index (χ0v) is 9.06. The second kappa shape index (κ2) is 5.48. The van der Waals surface area contributed by atoms with E-state index in [2.05, 4.69) is 17.1 Å². The van der Waals surface area contributed by atoms with Crippen LogP contribution in [0.5, 0.6) is 0 Å². The van der Waals surface area contributed by atoms with Crippen LogP contribution in [0.25, 0.3) is 0 Å². The van der Waals surface area contributed by atoms with Crippen LogP contribution in [0, 0.1) is 0 Å². The zero-order valence-electron chi connectivity index (χ0n) is 9.06. The number of nitrogens with zero attached hydrogens (tertiary/aromatic N) is 2. The summed E-state index contributed by atoms with van der Waals surface area (Å²) < 4.78 is 5.36. The van der Waals surface area contributed by atoms with Crippen molar-refractivity contribution >= 4 is 5.97 Å². The number of carbonyl (C=O) groups is 1. The summed E-state index contributed by atoms with van der Waals surface area (Å²) in [6.45, 7) is 4.12. The number of hydrogen-bond donors (Lipinski definition) is 1. The second-order valence-electron chi connectivity index (χ2n) is 3.62. The third-order valence-corrected chi connectivity index (χ3v) is 2.18. The zero-order chi connectivity index (χ0) is 11.3. The summed E-state index contributed by atoms with van der Waals surface area (Å²) in [5, 5.41) is 16.2. The van der Waals surface area contributed by atoms with Crippen molar-refractivity contribution in [1.29, 1.82) is 0 Å². The first-order chi connectivity index (χ1) is 7.13. The van der Waals surface area contributed by atoms with Gasteiger partial charge in [0.05, 0.1) is 6.42 Å². The minimum absolute atomic E-state index is 0.0315. The lowest BCUT2D eigenvalue weighted by molar-refractivity contribution is -0.137. The maximum absolute atomic E-state index is 10.3. The Morgan fingerprint density at radius 3 is 2.87 bits per heavy atom. The molecular weight excluding hydrogens is 196 g/mol. The van der Waals surface area contributed by atoms with Crippen molar-refractivity contribution in [3.05, 3.63) is 11.8 Å². The highest BCUT2D eigenvalue weighted by molar-refractivity contribution is 5.66. The quantitative estimate of drug-likeness (QED) is 0.780. The summed E-state index contributed by atoms with van der Waals surface area (Å²) >= 11 is 0. The Kier molecular flexibility index (Phi) is 4.27. The first-order valence-electron chi connectivity index (χ1n) is 5.17. The Hall–Kier alpha value is -1.39. The van der Waals surface area contributed by atoms with Gasteiger partial charge in [-0.1, -0.05) is 20.3 Å². The molecule has 0 amide bonds. The standard InChI is InChI=1S/C10H16N2O3/c1-3-4-7(2)10-12-11-8(15-10)5-6-9(13)14/h7H,3-6H2,1-2H3,(H,13,14). The van der Waals surface area contributed by atoms with E-state index in [9.17, 15) is 4.79 Å². The maximum atomic E-state index is 10.3. The molecule has 1 heterocycles. The van der Waals surface area contributed by atoms with E-state index >= 15 is 0 Å². The fourth-order valence-electron chi connectivity index (χ4n) is 1.34. The predicted octanol–water partition coefficient (Wildman–Crippen LogP) is 1.99. The highest BCUT2D eigenvalue weighted by Gasteiger charge is 2.13. The minimum Gasteiger partial charge on any atom is -0.481 e. The lowest BCUT2D eigenvalue weighted by Crippen LogP contribution is -1.97. The lowest BCUT2D eigenvalue weighted by atomic mass is 10.1. The maximum Gasteiger partial charge on any atom is 0.303 e. The Bertz CT molecular complexity index is 322. The average Bonchev–Trinajstić information content (AvgIpc) is 2.63. The van der Waals surface area contributed by atoms with Gasteiger partial charge in [0.2, 0.25) is 11.8 Å². The van der Waals surface area contributed by atoms with E-state index in [0.29, 0.717) is 18.2 Å². The van der Waals surface area contributed by atoms with Gasteiger partial charge in [0.1, 0.15) is 0 Å². The lowest BCUT2D eigenvalue weighted by Gasteiger charge is -2.02. The van der Waals surface area contributed by atoms with E-state index in [4.69, 9.17) is 9.52 Å². The summed E-state index contributed by atoms with van der Waals surface area (Å²) in [5.41, 5.74) is 0. The smallest absolute Gasteiger partial charge is 0.303 e. The monoisotopic (exact) mass is 212 g/mol. The van der Waals surface area contributed by atoms with Crippen molar-refractivity contribution in [2.75, 3.05) is 0 Å². The van der Waals surface area contributed by atoms with Gasteiger partial charge in [0.15, 0.2) is 0 Å². The van der Waals surface area contributed by atoms with Crippen LogP contribution in [0.1, 0.15) is 50.8 Å². The number of carboxylic acid groups (broad SMARTS) is 1. The SMILES string of the molecule is CCCC(C)c1nnc(CCC(=O)O)o1. The predicted molar refractivity (Wildman–Crippen MR) is 53.6 cm³/mol. The van der Waals surface area contributed by atoms with Crippen molar-refractivity contribution in [2.45, 2.75) is 45.4 Å². The van der Waals surface area contributed by atoms with Gasteiger partial charge in [-0.05, 0) is 6.42 Å². The number of aromatic nitrogens is 2. The fourth-order valence-corrected chi connectivity index (χ4v) is 1.34. The molecule has 0 saturated carbocycles. The summed E-state index contributed by atoms with van der Waals surface area (Å²) in [7, 11) is 0. The Morgan fingerprint density at radius 2 is 2.27 bits per heavy atom. The number of rotatable bonds is 6. The van der Waals surface area contributed by atoms with Gasteiger partial charge in [-0.15, -0.1) is 10.2 Å². The molecule has 0 aliphatic carbocycles. The van der Waals surface area contributed by atoms with E-state index in [1.165, 1.54) is 0 Å². The molecule has 1 unspecified atom stereocenters. The molecule has 1 atom stereocenters. The van der Waals surface area contributed by atoms with Crippen LogP contribution in [0.15, 0.2) is 4.42 Å². The van der Waals surface area contributed by atoms with E-state index in [1.807, 2.05) is 6.92 Å². The topological polar surface area (TPSA) is 76.2 Å².